The van der Waals surface area contributed by atoms with Crippen LogP contribution in [0.15, 0.2) is 53.4 Å². The number of rotatable bonds is 9. The van der Waals surface area contributed by atoms with E-state index in [-0.39, 0.29) is 21.7 Å². The number of carboxylic acids is 1. The van der Waals surface area contributed by atoms with E-state index in [0.29, 0.717) is 25.9 Å². The lowest BCUT2D eigenvalue weighted by molar-refractivity contribution is 0.0698. The zero-order valence-corrected chi connectivity index (χ0v) is 16.7. The smallest absolute Gasteiger partial charge is 0.337 e. The van der Waals surface area contributed by atoms with Crippen LogP contribution in [0.25, 0.3) is 0 Å². The van der Waals surface area contributed by atoms with Gasteiger partial charge in [-0.1, -0.05) is 32.0 Å². The summed E-state index contributed by atoms with van der Waals surface area (Å²) in [7, 11) is -3.72. The molecule has 0 spiro atoms. The molecule has 8 heteroatoms. The Morgan fingerprint density at radius 2 is 1.64 bits per heavy atom. The molecule has 0 aliphatic carbocycles. The van der Waals surface area contributed by atoms with Gasteiger partial charge in [-0.3, -0.25) is 4.79 Å². The van der Waals surface area contributed by atoms with Gasteiger partial charge in [0.25, 0.3) is 5.91 Å². The number of amides is 1. The summed E-state index contributed by atoms with van der Waals surface area (Å²) in [5.41, 5.74) is 0.234. The Labute approximate surface area is 165 Å². The number of nitrogens with zero attached hydrogens (tertiary/aromatic N) is 1. The van der Waals surface area contributed by atoms with E-state index >= 15 is 0 Å². The first-order chi connectivity index (χ1) is 13.3. The lowest BCUT2D eigenvalue weighted by Gasteiger charge is -2.21. The van der Waals surface area contributed by atoms with Crippen LogP contribution in [0.1, 0.15) is 47.4 Å². The second-order valence-electron chi connectivity index (χ2n) is 6.24. The van der Waals surface area contributed by atoms with E-state index in [1.54, 1.807) is 12.1 Å². The Bertz CT molecular complexity index is 951. The molecule has 150 valence electrons. The number of benzene rings is 2. The zero-order valence-electron chi connectivity index (χ0n) is 15.9. The molecule has 0 aliphatic heterocycles. The number of anilines is 1. The Morgan fingerprint density at radius 1 is 1.00 bits per heavy atom. The molecule has 0 heterocycles. The molecule has 0 fully saturated rings. The van der Waals surface area contributed by atoms with Crippen LogP contribution in [0, 0.1) is 0 Å². The molecule has 0 atom stereocenters. The number of carbonyl (C=O) groups is 2. The second-order valence-corrected chi connectivity index (χ2v) is 8.17. The SMILES string of the molecule is CCCN(CCC)S(=O)(=O)c1cccc(C(=O)Nc2ccccc2C(=O)O)c1. The van der Waals surface area contributed by atoms with E-state index in [2.05, 4.69) is 5.32 Å². The quantitative estimate of drug-likeness (QED) is 0.666. The maximum Gasteiger partial charge on any atom is 0.337 e. The highest BCUT2D eigenvalue weighted by Crippen LogP contribution is 2.20. The minimum absolute atomic E-state index is 0.0357. The molecule has 0 bridgehead atoms. The van der Waals surface area contributed by atoms with Crippen molar-refractivity contribution in [2.45, 2.75) is 31.6 Å². The Hall–Kier alpha value is -2.71. The van der Waals surface area contributed by atoms with Crippen molar-refractivity contribution < 1.29 is 23.1 Å². The van der Waals surface area contributed by atoms with Crippen molar-refractivity contribution in [2.75, 3.05) is 18.4 Å². The molecule has 1 amide bonds. The summed E-state index contributed by atoms with van der Waals surface area (Å²) in [6.45, 7) is 4.61. The van der Waals surface area contributed by atoms with Crippen LogP contribution in [0.4, 0.5) is 5.69 Å². The number of sulfonamides is 1. The average molecular weight is 404 g/mol. The number of aromatic carboxylic acids is 1. The van der Waals surface area contributed by atoms with Gasteiger partial charge in [0.05, 0.1) is 16.1 Å². The monoisotopic (exact) mass is 404 g/mol. The first kappa shape index (κ1) is 21.6. The highest BCUT2D eigenvalue weighted by molar-refractivity contribution is 7.89. The molecular weight excluding hydrogens is 380 g/mol. The van der Waals surface area contributed by atoms with Gasteiger partial charge in [0, 0.05) is 18.7 Å². The molecule has 2 N–H and O–H groups in total. The molecule has 0 radical (unpaired) electrons. The molecule has 0 saturated heterocycles. The van der Waals surface area contributed by atoms with Gasteiger partial charge in [-0.05, 0) is 43.2 Å². The maximum absolute atomic E-state index is 12.9. The number of carboxylic acid groups (broad SMARTS) is 1. The van der Waals surface area contributed by atoms with Crippen molar-refractivity contribution in [1.82, 2.24) is 4.31 Å². The van der Waals surface area contributed by atoms with Crippen LogP contribution < -0.4 is 5.32 Å². The van der Waals surface area contributed by atoms with E-state index in [4.69, 9.17) is 0 Å². The number of nitrogens with one attached hydrogen (secondary N) is 1. The minimum Gasteiger partial charge on any atom is -0.478 e. The van der Waals surface area contributed by atoms with Gasteiger partial charge in [-0.2, -0.15) is 4.31 Å². The summed E-state index contributed by atoms with van der Waals surface area (Å²) < 4.78 is 27.2. The summed E-state index contributed by atoms with van der Waals surface area (Å²) in [5.74, 6) is -1.75. The topological polar surface area (TPSA) is 104 Å². The molecule has 2 aromatic carbocycles. The fraction of sp³-hybridized carbons (Fsp3) is 0.300. The predicted molar refractivity (Wildman–Crippen MR) is 107 cm³/mol. The largest absolute Gasteiger partial charge is 0.478 e. The van der Waals surface area contributed by atoms with Crippen molar-refractivity contribution in [3.05, 3.63) is 59.7 Å². The van der Waals surface area contributed by atoms with Crippen molar-refractivity contribution in [2.24, 2.45) is 0 Å². The van der Waals surface area contributed by atoms with Crippen LogP contribution in [0.2, 0.25) is 0 Å². The molecule has 0 saturated carbocycles. The number of para-hydroxylation sites is 1. The lowest BCUT2D eigenvalue weighted by Crippen LogP contribution is -2.32. The van der Waals surface area contributed by atoms with E-state index < -0.39 is 21.9 Å². The highest BCUT2D eigenvalue weighted by atomic mass is 32.2. The van der Waals surface area contributed by atoms with Crippen molar-refractivity contribution in [3.8, 4) is 0 Å². The number of hydrogen-bond donors (Lipinski definition) is 2. The summed E-state index contributed by atoms with van der Waals surface area (Å²) in [5, 5.41) is 11.8. The number of carbonyl (C=O) groups excluding carboxylic acids is 1. The molecule has 0 aromatic heterocycles. The third-order valence-corrected chi connectivity index (χ3v) is 5.98. The fourth-order valence-electron chi connectivity index (χ4n) is 2.77. The summed E-state index contributed by atoms with van der Waals surface area (Å²) >= 11 is 0. The first-order valence-corrected chi connectivity index (χ1v) is 10.5. The van der Waals surface area contributed by atoms with Gasteiger partial charge in [0.15, 0.2) is 0 Å². The molecular formula is C20H24N2O5S. The van der Waals surface area contributed by atoms with Gasteiger partial charge in [-0.15, -0.1) is 0 Å². The summed E-state index contributed by atoms with van der Waals surface area (Å²) in [4.78, 5) is 23.9. The van der Waals surface area contributed by atoms with Gasteiger partial charge in [0.2, 0.25) is 10.0 Å². The molecule has 0 unspecified atom stereocenters. The Morgan fingerprint density at radius 3 is 2.25 bits per heavy atom. The van der Waals surface area contributed by atoms with E-state index in [9.17, 15) is 23.1 Å². The third kappa shape index (κ3) is 4.96. The van der Waals surface area contributed by atoms with Crippen LogP contribution in [-0.4, -0.2) is 42.8 Å². The van der Waals surface area contributed by atoms with Gasteiger partial charge in [-0.25, -0.2) is 13.2 Å². The molecule has 28 heavy (non-hydrogen) atoms. The predicted octanol–water partition coefficient (Wildman–Crippen LogP) is 3.45. The molecule has 2 rings (SSSR count). The van der Waals surface area contributed by atoms with Gasteiger partial charge in [0.1, 0.15) is 0 Å². The Kier molecular flexibility index (Phi) is 7.31. The minimum atomic E-state index is -3.72. The van der Waals surface area contributed by atoms with E-state index in [0.717, 1.165) is 0 Å². The van der Waals surface area contributed by atoms with Crippen LogP contribution in [0.5, 0.6) is 0 Å². The van der Waals surface area contributed by atoms with E-state index in [1.807, 2.05) is 13.8 Å². The highest BCUT2D eigenvalue weighted by Gasteiger charge is 2.24. The van der Waals surface area contributed by atoms with Crippen molar-refractivity contribution in [1.29, 1.82) is 0 Å². The second kappa shape index (κ2) is 9.48. The molecule has 2 aromatic rings. The molecule has 0 aliphatic rings. The molecule has 7 nitrogen and oxygen atoms in total. The van der Waals surface area contributed by atoms with Gasteiger partial charge >= 0.3 is 5.97 Å². The number of hydrogen-bond acceptors (Lipinski definition) is 4. The van der Waals surface area contributed by atoms with Crippen molar-refractivity contribution >= 4 is 27.6 Å². The Balaban J connectivity index is 2.32. The van der Waals surface area contributed by atoms with Crippen LogP contribution >= 0.6 is 0 Å². The lowest BCUT2D eigenvalue weighted by atomic mass is 10.1. The van der Waals surface area contributed by atoms with Crippen LogP contribution in [-0.2, 0) is 10.0 Å². The zero-order chi connectivity index (χ0) is 20.7. The summed E-state index contributed by atoms with van der Waals surface area (Å²) in [6, 6.07) is 11.8. The third-order valence-electron chi connectivity index (χ3n) is 4.09. The maximum atomic E-state index is 12.9. The average Bonchev–Trinajstić information content (AvgIpc) is 2.68. The standard InChI is InChI=1S/C20H24N2O5S/c1-3-12-22(13-4-2)28(26,27)16-9-7-8-15(14-16)19(23)21-18-11-6-5-10-17(18)20(24)25/h5-11,14H,3-4,12-13H2,1-2H3,(H,21,23)(H,24,25). The van der Waals surface area contributed by atoms with Gasteiger partial charge < -0.3 is 10.4 Å². The normalized spacial score (nSPS) is 11.4. The van der Waals surface area contributed by atoms with E-state index in [1.165, 1.54) is 40.7 Å². The van der Waals surface area contributed by atoms with Crippen LogP contribution in [0.3, 0.4) is 0 Å². The fourth-order valence-corrected chi connectivity index (χ4v) is 4.44. The first-order valence-electron chi connectivity index (χ1n) is 9.05. The summed E-state index contributed by atoms with van der Waals surface area (Å²) in [6.07, 6.45) is 1.37. The van der Waals surface area contributed by atoms with Crippen molar-refractivity contribution in [3.63, 3.8) is 0 Å².